The molecule has 2 aliphatic rings. The van der Waals surface area contributed by atoms with Gasteiger partial charge in [-0.05, 0) is 45.8 Å². The Hall–Kier alpha value is -0.610. The number of carbonyl (C=O) groups is 1. The first-order chi connectivity index (χ1) is 9.65. The fourth-order valence-electron chi connectivity index (χ4n) is 3.56. The summed E-state index contributed by atoms with van der Waals surface area (Å²) >= 11 is 0. The van der Waals surface area contributed by atoms with Gasteiger partial charge in [-0.15, -0.1) is 0 Å². The fraction of sp³-hybridized carbons (Fsp3) is 0.938. The van der Waals surface area contributed by atoms with Gasteiger partial charge < -0.3 is 9.80 Å². The minimum Gasteiger partial charge on any atom is -0.340 e. The predicted octanol–water partition coefficient (Wildman–Crippen LogP) is 1.66. The first-order valence-electron chi connectivity index (χ1n) is 8.37. The quantitative estimate of drug-likeness (QED) is 0.784. The lowest BCUT2D eigenvalue weighted by atomic mass is 10.00. The molecule has 2 aliphatic heterocycles. The van der Waals surface area contributed by atoms with Crippen molar-refractivity contribution in [3.63, 3.8) is 0 Å². The average molecular weight is 281 g/mol. The van der Waals surface area contributed by atoms with E-state index in [1.165, 1.54) is 25.9 Å². The molecule has 20 heavy (non-hydrogen) atoms. The van der Waals surface area contributed by atoms with Crippen LogP contribution in [0.25, 0.3) is 0 Å². The van der Waals surface area contributed by atoms with Crippen LogP contribution in [-0.2, 0) is 4.79 Å². The Kier molecular flexibility index (Phi) is 5.85. The van der Waals surface area contributed by atoms with Crippen LogP contribution in [0.1, 0.15) is 39.5 Å². The number of rotatable bonds is 4. The molecule has 4 nitrogen and oxygen atoms in total. The van der Waals surface area contributed by atoms with Crippen molar-refractivity contribution >= 4 is 5.91 Å². The van der Waals surface area contributed by atoms with Crippen LogP contribution in [0, 0.1) is 5.92 Å². The lowest BCUT2D eigenvalue weighted by Gasteiger charge is -2.42. The summed E-state index contributed by atoms with van der Waals surface area (Å²) in [6.07, 6.45) is 4.53. The minimum absolute atomic E-state index is 0.241. The van der Waals surface area contributed by atoms with Gasteiger partial charge in [0.2, 0.25) is 5.91 Å². The number of nitrogens with zero attached hydrogens (tertiary/aromatic N) is 3. The summed E-state index contributed by atoms with van der Waals surface area (Å²) in [6.45, 7) is 10.7. The smallest absolute Gasteiger partial charge is 0.225 e. The fourth-order valence-corrected chi connectivity index (χ4v) is 3.56. The van der Waals surface area contributed by atoms with E-state index in [9.17, 15) is 4.79 Å². The van der Waals surface area contributed by atoms with Crippen LogP contribution < -0.4 is 0 Å². The zero-order valence-electron chi connectivity index (χ0n) is 13.5. The van der Waals surface area contributed by atoms with E-state index in [-0.39, 0.29) is 5.92 Å². The number of amides is 1. The summed E-state index contributed by atoms with van der Waals surface area (Å²) in [7, 11) is 2.21. The molecule has 4 heteroatoms. The zero-order chi connectivity index (χ0) is 14.5. The minimum atomic E-state index is 0.241. The molecule has 0 bridgehead atoms. The van der Waals surface area contributed by atoms with Gasteiger partial charge in [-0.25, -0.2) is 0 Å². The van der Waals surface area contributed by atoms with Crippen molar-refractivity contribution in [3.8, 4) is 0 Å². The van der Waals surface area contributed by atoms with E-state index in [0.717, 1.165) is 45.1 Å². The Morgan fingerprint density at radius 3 is 2.05 bits per heavy atom. The van der Waals surface area contributed by atoms with Crippen LogP contribution >= 0.6 is 0 Å². The van der Waals surface area contributed by atoms with Crippen molar-refractivity contribution in [1.29, 1.82) is 0 Å². The molecule has 116 valence electrons. The van der Waals surface area contributed by atoms with E-state index < -0.39 is 0 Å². The average Bonchev–Trinajstić information content (AvgIpc) is 2.49. The molecule has 1 amide bonds. The van der Waals surface area contributed by atoms with E-state index in [4.69, 9.17) is 0 Å². The standard InChI is InChI=1S/C16H31N3O/c1-4-14(5-2)16(20)19-12-10-18(11-13-19)15-6-8-17(3)9-7-15/h14-15H,4-13H2,1-3H3. The molecule has 0 aliphatic carbocycles. The summed E-state index contributed by atoms with van der Waals surface area (Å²) in [6, 6.07) is 0.747. The number of likely N-dealkylation sites (tertiary alicyclic amines) is 1. The second-order valence-electron chi connectivity index (χ2n) is 6.41. The lowest BCUT2D eigenvalue weighted by molar-refractivity contribution is -0.138. The van der Waals surface area contributed by atoms with Gasteiger partial charge in [0, 0.05) is 38.1 Å². The molecule has 2 fully saturated rings. The summed E-state index contributed by atoms with van der Waals surface area (Å²) in [5, 5.41) is 0. The van der Waals surface area contributed by atoms with Gasteiger partial charge in [-0.1, -0.05) is 13.8 Å². The Labute approximate surface area is 124 Å². The number of hydrogen-bond acceptors (Lipinski definition) is 3. The summed E-state index contributed by atoms with van der Waals surface area (Å²) in [5.41, 5.74) is 0. The van der Waals surface area contributed by atoms with Crippen LogP contribution in [0.15, 0.2) is 0 Å². The maximum absolute atomic E-state index is 12.4. The van der Waals surface area contributed by atoms with E-state index >= 15 is 0 Å². The molecule has 0 aromatic carbocycles. The Morgan fingerprint density at radius 1 is 1.00 bits per heavy atom. The summed E-state index contributed by atoms with van der Waals surface area (Å²) < 4.78 is 0. The second-order valence-corrected chi connectivity index (χ2v) is 6.41. The van der Waals surface area contributed by atoms with Gasteiger partial charge in [-0.3, -0.25) is 9.69 Å². The second kappa shape index (κ2) is 7.41. The molecular formula is C16H31N3O. The highest BCUT2D eigenvalue weighted by atomic mass is 16.2. The molecule has 0 spiro atoms. The molecular weight excluding hydrogens is 250 g/mol. The molecule has 0 atom stereocenters. The molecule has 0 saturated carbocycles. The highest BCUT2D eigenvalue weighted by molar-refractivity contribution is 5.78. The van der Waals surface area contributed by atoms with Crippen molar-refractivity contribution in [2.75, 3.05) is 46.3 Å². The molecule has 0 unspecified atom stereocenters. The van der Waals surface area contributed by atoms with Crippen LogP contribution in [0.4, 0.5) is 0 Å². The van der Waals surface area contributed by atoms with Crippen molar-refractivity contribution < 1.29 is 4.79 Å². The van der Waals surface area contributed by atoms with Gasteiger partial charge in [0.05, 0.1) is 0 Å². The van der Waals surface area contributed by atoms with Gasteiger partial charge in [0.25, 0.3) is 0 Å². The van der Waals surface area contributed by atoms with E-state index in [2.05, 4.69) is 35.6 Å². The van der Waals surface area contributed by atoms with E-state index in [0.29, 0.717) is 5.91 Å². The Bertz CT molecular complexity index is 301. The third-order valence-electron chi connectivity index (χ3n) is 5.17. The van der Waals surface area contributed by atoms with E-state index in [1.807, 2.05) is 0 Å². The molecule has 0 N–H and O–H groups in total. The number of hydrogen-bond donors (Lipinski definition) is 0. The maximum atomic E-state index is 12.4. The highest BCUT2D eigenvalue weighted by Crippen LogP contribution is 2.19. The van der Waals surface area contributed by atoms with Crippen LogP contribution in [-0.4, -0.2) is 73.0 Å². The Balaban J connectivity index is 1.79. The molecule has 2 rings (SSSR count). The Morgan fingerprint density at radius 2 is 1.55 bits per heavy atom. The summed E-state index contributed by atoms with van der Waals surface area (Å²) in [5.74, 6) is 0.628. The monoisotopic (exact) mass is 281 g/mol. The van der Waals surface area contributed by atoms with Crippen molar-refractivity contribution in [2.45, 2.75) is 45.6 Å². The van der Waals surface area contributed by atoms with Gasteiger partial charge in [0.15, 0.2) is 0 Å². The topological polar surface area (TPSA) is 26.8 Å². The first kappa shape index (κ1) is 15.8. The largest absolute Gasteiger partial charge is 0.340 e. The SMILES string of the molecule is CCC(CC)C(=O)N1CCN(C2CCN(C)CC2)CC1. The highest BCUT2D eigenvalue weighted by Gasteiger charge is 2.29. The van der Waals surface area contributed by atoms with Gasteiger partial charge in [-0.2, -0.15) is 0 Å². The number of piperazine rings is 1. The summed E-state index contributed by atoms with van der Waals surface area (Å²) in [4.78, 5) is 19.5. The maximum Gasteiger partial charge on any atom is 0.225 e. The molecule has 2 heterocycles. The van der Waals surface area contributed by atoms with Crippen LogP contribution in [0.3, 0.4) is 0 Å². The molecule has 0 aromatic heterocycles. The lowest BCUT2D eigenvalue weighted by Crippen LogP contribution is -2.54. The van der Waals surface area contributed by atoms with Crippen LogP contribution in [0.5, 0.6) is 0 Å². The van der Waals surface area contributed by atoms with E-state index in [1.54, 1.807) is 0 Å². The molecule has 0 aromatic rings. The zero-order valence-corrected chi connectivity index (χ0v) is 13.5. The van der Waals surface area contributed by atoms with Crippen LogP contribution in [0.2, 0.25) is 0 Å². The van der Waals surface area contributed by atoms with Gasteiger partial charge >= 0.3 is 0 Å². The van der Waals surface area contributed by atoms with Crippen molar-refractivity contribution in [2.24, 2.45) is 5.92 Å². The normalized spacial score (nSPS) is 23.5. The third kappa shape index (κ3) is 3.73. The van der Waals surface area contributed by atoms with Crippen molar-refractivity contribution in [3.05, 3.63) is 0 Å². The molecule has 0 radical (unpaired) electrons. The number of carbonyl (C=O) groups excluding carboxylic acids is 1. The van der Waals surface area contributed by atoms with Crippen molar-refractivity contribution in [1.82, 2.24) is 14.7 Å². The first-order valence-corrected chi connectivity index (χ1v) is 8.37. The predicted molar refractivity (Wildman–Crippen MR) is 82.7 cm³/mol. The third-order valence-corrected chi connectivity index (χ3v) is 5.17. The number of piperidine rings is 1. The van der Waals surface area contributed by atoms with Gasteiger partial charge in [0.1, 0.15) is 0 Å². The molecule has 2 saturated heterocycles.